The predicted octanol–water partition coefficient (Wildman–Crippen LogP) is 0.449. The Morgan fingerprint density at radius 2 is 2.23 bits per heavy atom. The molecule has 0 rings (SSSR count). The molecule has 0 amide bonds. The number of aliphatic hydroxyl groups excluding tert-OH is 1. The first-order valence-electron chi connectivity index (χ1n) is 4.17. The van der Waals surface area contributed by atoms with Gasteiger partial charge < -0.3 is 14.9 Å². The quantitative estimate of drug-likeness (QED) is 0.567. The van der Waals surface area contributed by atoms with Gasteiger partial charge in [-0.3, -0.25) is 4.79 Å². The van der Waals surface area contributed by atoms with Crippen molar-refractivity contribution in [2.24, 2.45) is 5.92 Å². The molecule has 0 aliphatic carbocycles. The molecule has 0 unspecified atom stereocenters. The van der Waals surface area contributed by atoms with Gasteiger partial charge in [0.1, 0.15) is 0 Å². The number of aliphatic carboxylic acids is 1. The Balaban J connectivity index is 3.11. The summed E-state index contributed by atoms with van der Waals surface area (Å²) in [7, 11) is 0. The van der Waals surface area contributed by atoms with Gasteiger partial charge in [-0.15, -0.1) is 0 Å². The molecule has 0 aromatic heterocycles. The molecule has 0 aromatic carbocycles. The number of hydrogen-bond acceptors (Lipinski definition) is 4. The van der Waals surface area contributed by atoms with E-state index in [-0.39, 0.29) is 12.5 Å². The number of hydrogen-bond donors (Lipinski definition) is 2. The van der Waals surface area contributed by atoms with Crippen LogP contribution in [0.5, 0.6) is 0 Å². The minimum atomic E-state index is -0.760. The lowest BCUT2D eigenvalue weighted by Gasteiger charge is -2.05. The molecule has 0 radical (unpaired) electrons. The highest BCUT2D eigenvalue weighted by atomic mass is 32.2. The van der Waals surface area contributed by atoms with E-state index in [1.165, 1.54) is 0 Å². The van der Waals surface area contributed by atoms with E-state index in [1.807, 2.05) is 0 Å². The summed E-state index contributed by atoms with van der Waals surface area (Å²) in [6.07, 6.45) is 0. The molecule has 0 fully saturated rings. The van der Waals surface area contributed by atoms with Crippen molar-refractivity contribution in [3.05, 3.63) is 0 Å². The Labute approximate surface area is 82.3 Å². The molecule has 2 N–H and O–H groups in total. The number of thioether (sulfide) groups is 1. The van der Waals surface area contributed by atoms with Gasteiger partial charge in [-0.1, -0.05) is 6.92 Å². The third kappa shape index (κ3) is 8.08. The van der Waals surface area contributed by atoms with Gasteiger partial charge in [0.05, 0.1) is 25.7 Å². The van der Waals surface area contributed by atoms with E-state index in [2.05, 4.69) is 0 Å². The molecule has 0 aromatic rings. The Morgan fingerprint density at radius 1 is 1.54 bits per heavy atom. The molecule has 0 saturated heterocycles. The first kappa shape index (κ1) is 12.7. The normalized spacial score (nSPS) is 12.8. The summed E-state index contributed by atoms with van der Waals surface area (Å²) >= 11 is 1.55. The van der Waals surface area contributed by atoms with Crippen LogP contribution in [0.1, 0.15) is 6.92 Å². The van der Waals surface area contributed by atoms with Crippen LogP contribution in [0.25, 0.3) is 0 Å². The summed E-state index contributed by atoms with van der Waals surface area (Å²) in [4.78, 5) is 10.4. The molecule has 0 saturated carbocycles. The van der Waals surface area contributed by atoms with Gasteiger partial charge in [0, 0.05) is 11.5 Å². The van der Waals surface area contributed by atoms with Gasteiger partial charge in [-0.2, -0.15) is 11.8 Å². The maximum absolute atomic E-state index is 10.4. The van der Waals surface area contributed by atoms with E-state index in [0.29, 0.717) is 19.0 Å². The van der Waals surface area contributed by atoms with Crippen molar-refractivity contribution >= 4 is 17.7 Å². The van der Waals surface area contributed by atoms with Crippen LogP contribution in [0.4, 0.5) is 0 Å². The van der Waals surface area contributed by atoms with Crippen LogP contribution < -0.4 is 0 Å². The molecule has 0 bridgehead atoms. The summed E-state index contributed by atoms with van der Waals surface area (Å²) in [5, 5.41) is 16.9. The number of ether oxygens (including phenoxy) is 1. The molecule has 4 nitrogen and oxygen atoms in total. The van der Waals surface area contributed by atoms with E-state index < -0.39 is 5.97 Å². The van der Waals surface area contributed by atoms with Gasteiger partial charge in [0.15, 0.2) is 0 Å². The summed E-state index contributed by atoms with van der Waals surface area (Å²) in [5.74, 6) is 0.321. The third-order valence-corrected chi connectivity index (χ3v) is 2.59. The van der Waals surface area contributed by atoms with Gasteiger partial charge in [0.2, 0.25) is 0 Å². The fourth-order valence-electron chi connectivity index (χ4n) is 0.616. The number of carboxylic acids is 1. The van der Waals surface area contributed by atoms with E-state index in [0.717, 1.165) is 5.75 Å². The fourth-order valence-corrected chi connectivity index (χ4v) is 1.51. The average molecular weight is 208 g/mol. The number of carbonyl (C=O) groups is 1. The minimum absolute atomic E-state index is 0.0379. The van der Waals surface area contributed by atoms with Crippen LogP contribution in [0.3, 0.4) is 0 Å². The lowest BCUT2D eigenvalue weighted by molar-refractivity contribution is -0.140. The third-order valence-electron chi connectivity index (χ3n) is 1.40. The SMILES string of the molecule is C[C@@H](CSCCOCCO)C(=O)O. The van der Waals surface area contributed by atoms with Crippen molar-refractivity contribution < 1.29 is 19.7 Å². The molecule has 13 heavy (non-hydrogen) atoms. The topological polar surface area (TPSA) is 66.8 Å². The van der Waals surface area contributed by atoms with Crippen molar-refractivity contribution in [2.75, 3.05) is 31.3 Å². The second-order valence-electron chi connectivity index (χ2n) is 2.65. The first-order chi connectivity index (χ1) is 6.18. The molecule has 0 aliphatic heterocycles. The van der Waals surface area contributed by atoms with Crippen LogP contribution in [0, 0.1) is 5.92 Å². The molecule has 0 heterocycles. The second kappa shape index (κ2) is 8.34. The van der Waals surface area contributed by atoms with Crippen LogP contribution in [0.15, 0.2) is 0 Å². The minimum Gasteiger partial charge on any atom is -0.481 e. The smallest absolute Gasteiger partial charge is 0.307 e. The largest absolute Gasteiger partial charge is 0.481 e. The summed E-state index contributed by atoms with van der Waals surface area (Å²) < 4.78 is 5.01. The highest BCUT2D eigenvalue weighted by Gasteiger charge is 2.09. The molecule has 0 spiro atoms. The zero-order valence-corrected chi connectivity index (χ0v) is 8.55. The zero-order chi connectivity index (χ0) is 10.1. The van der Waals surface area contributed by atoms with Gasteiger partial charge in [-0.25, -0.2) is 0 Å². The monoisotopic (exact) mass is 208 g/mol. The van der Waals surface area contributed by atoms with Gasteiger partial charge >= 0.3 is 5.97 Å². The molecule has 78 valence electrons. The highest BCUT2D eigenvalue weighted by molar-refractivity contribution is 7.99. The maximum Gasteiger partial charge on any atom is 0.307 e. The van der Waals surface area contributed by atoms with Crippen molar-refractivity contribution in [1.82, 2.24) is 0 Å². The Morgan fingerprint density at radius 3 is 2.77 bits per heavy atom. The molecule has 0 aliphatic rings. The maximum atomic E-state index is 10.4. The van der Waals surface area contributed by atoms with E-state index in [4.69, 9.17) is 14.9 Å². The zero-order valence-electron chi connectivity index (χ0n) is 7.73. The molecule has 5 heteroatoms. The van der Waals surface area contributed by atoms with Crippen molar-refractivity contribution in [3.63, 3.8) is 0 Å². The Bertz CT molecular complexity index is 140. The van der Waals surface area contributed by atoms with Crippen LogP contribution in [-0.4, -0.2) is 47.5 Å². The number of rotatable bonds is 8. The molecule has 1 atom stereocenters. The second-order valence-corrected chi connectivity index (χ2v) is 3.80. The van der Waals surface area contributed by atoms with Gasteiger partial charge in [-0.05, 0) is 0 Å². The predicted molar refractivity (Wildman–Crippen MR) is 52.0 cm³/mol. The van der Waals surface area contributed by atoms with Crippen molar-refractivity contribution in [3.8, 4) is 0 Å². The van der Waals surface area contributed by atoms with Crippen molar-refractivity contribution in [1.29, 1.82) is 0 Å². The Kier molecular flexibility index (Phi) is 8.18. The molecular weight excluding hydrogens is 192 g/mol. The lowest BCUT2D eigenvalue weighted by Crippen LogP contribution is -2.12. The van der Waals surface area contributed by atoms with Gasteiger partial charge in [0.25, 0.3) is 0 Å². The summed E-state index contributed by atoms with van der Waals surface area (Å²) in [5.41, 5.74) is 0. The average Bonchev–Trinajstić information content (AvgIpc) is 2.10. The first-order valence-corrected chi connectivity index (χ1v) is 5.33. The van der Waals surface area contributed by atoms with E-state index >= 15 is 0 Å². The van der Waals surface area contributed by atoms with Crippen LogP contribution in [0.2, 0.25) is 0 Å². The highest BCUT2D eigenvalue weighted by Crippen LogP contribution is 2.07. The van der Waals surface area contributed by atoms with Crippen LogP contribution >= 0.6 is 11.8 Å². The lowest BCUT2D eigenvalue weighted by atomic mass is 10.2. The van der Waals surface area contributed by atoms with E-state index in [9.17, 15) is 4.79 Å². The summed E-state index contributed by atoms with van der Waals surface area (Å²) in [6.45, 7) is 2.65. The molecular formula is C8H16O4S. The summed E-state index contributed by atoms with van der Waals surface area (Å²) in [6, 6.07) is 0. The Hall–Kier alpha value is -0.260. The number of aliphatic hydroxyl groups is 1. The standard InChI is InChI=1S/C8H16O4S/c1-7(8(10)11)6-13-5-4-12-3-2-9/h7,9H,2-6H2,1H3,(H,10,11)/t7-/m0/s1. The fraction of sp³-hybridized carbons (Fsp3) is 0.875. The van der Waals surface area contributed by atoms with E-state index in [1.54, 1.807) is 18.7 Å². The number of carboxylic acid groups (broad SMARTS) is 1. The van der Waals surface area contributed by atoms with Crippen LogP contribution in [-0.2, 0) is 9.53 Å². The van der Waals surface area contributed by atoms with Crippen molar-refractivity contribution in [2.45, 2.75) is 6.92 Å².